The van der Waals surface area contributed by atoms with Gasteiger partial charge in [0.1, 0.15) is 6.33 Å². The zero-order valence-corrected chi connectivity index (χ0v) is 22.0. The molecule has 33 heavy (non-hydrogen) atoms. The van der Waals surface area contributed by atoms with Gasteiger partial charge < -0.3 is 0 Å². The molecule has 2 aromatic rings. The quantitative estimate of drug-likeness (QED) is 0.199. The van der Waals surface area contributed by atoms with Crippen LogP contribution in [0.1, 0.15) is 128 Å². The molecule has 0 radical (unpaired) electrons. The normalized spacial score (nSPS) is 11.4. The Morgan fingerprint density at radius 1 is 0.667 bits per heavy atom. The van der Waals surface area contributed by atoms with E-state index in [4.69, 9.17) is 4.98 Å². The number of hydrogen-bond acceptors (Lipinski definition) is 2. The van der Waals surface area contributed by atoms with Crippen molar-refractivity contribution in [2.45, 2.75) is 130 Å². The number of unbranched alkanes of at least 4 members (excludes halogenated alkanes) is 12. The fraction of sp³-hybridized carbons (Fsp3) is 0.677. The van der Waals surface area contributed by atoms with Crippen molar-refractivity contribution in [3.8, 4) is 11.3 Å². The van der Waals surface area contributed by atoms with Gasteiger partial charge in [-0.25, -0.2) is 9.97 Å². The Labute approximate surface area is 205 Å². The predicted octanol–water partition coefficient (Wildman–Crippen LogP) is 9.76. The molecule has 184 valence electrons. The molecule has 0 aliphatic carbocycles. The van der Waals surface area contributed by atoms with Gasteiger partial charge in [0.15, 0.2) is 0 Å². The third-order valence-electron chi connectivity index (χ3n) is 6.84. The molecular formula is C31H50N2. The monoisotopic (exact) mass is 450 g/mol. The van der Waals surface area contributed by atoms with E-state index in [-0.39, 0.29) is 0 Å². The van der Waals surface area contributed by atoms with E-state index in [1.54, 1.807) is 6.33 Å². The van der Waals surface area contributed by atoms with E-state index in [1.165, 1.54) is 113 Å². The van der Waals surface area contributed by atoms with Gasteiger partial charge in [0.25, 0.3) is 0 Å². The SMILES string of the molecule is CCCCCCCCCCCCc1cncnc1-c1ccccc1CCCCCCC(C)C. The van der Waals surface area contributed by atoms with Crippen LogP contribution < -0.4 is 0 Å². The summed E-state index contributed by atoms with van der Waals surface area (Å²) in [6, 6.07) is 8.91. The van der Waals surface area contributed by atoms with Crippen LogP contribution in [0.15, 0.2) is 36.8 Å². The summed E-state index contributed by atoms with van der Waals surface area (Å²) in [6.07, 6.45) is 26.5. The molecule has 0 atom stereocenters. The fourth-order valence-electron chi connectivity index (χ4n) is 4.78. The first-order valence-corrected chi connectivity index (χ1v) is 14.1. The van der Waals surface area contributed by atoms with Crippen LogP contribution in [-0.4, -0.2) is 9.97 Å². The second kappa shape index (κ2) is 17.7. The van der Waals surface area contributed by atoms with Crippen molar-refractivity contribution in [3.63, 3.8) is 0 Å². The van der Waals surface area contributed by atoms with Crippen LogP contribution in [0, 0.1) is 5.92 Å². The van der Waals surface area contributed by atoms with E-state index in [0.29, 0.717) is 0 Å². The molecular weight excluding hydrogens is 400 g/mol. The Bertz CT molecular complexity index is 737. The van der Waals surface area contributed by atoms with Crippen molar-refractivity contribution in [3.05, 3.63) is 47.9 Å². The molecule has 0 unspecified atom stereocenters. The van der Waals surface area contributed by atoms with Gasteiger partial charge in [-0.15, -0.1) is 0 Å². The van der Waals surface area contributed by atoms with Crippen molar-refractivity contribution >= 4 is 0 Å². The summed E-state index contributed by atoms with van der Waals surface area (Å²) in [7, 11) is 0. The van der Waals surface area contributed by atoms with Gasteiger partial charge in [-0.2, -0.15) is 0 Å². The van der Waals surface area contributed by atoms with Crippen molar-refractivity contribution in [1.29, 1.82) is 0 Å². The minimum atomic E-state index is 0.831. The standard InChI is InChI=1S/C31H50N2/c1-4-5-6-7-8-9-10-11-12-17-23-29-25-32-26-33-31(29)30-24-19-18-22-28(30)21-16-14-13-15-20-27(2)3/h18-19,22,24-27H,4-17,20-21,23H2,1-3H3. The molecule has 0 aliphatic heterocycles. The van der Waals surface area contributed by atoms with Gasteiger partial charge in [0.05, 0.1) is 5.69 Å². The highest BCUT2D eigenvalue weighted by atomic mass is 14.8. The lowest BCUT2D eigenvalue weighted by atomic mass is 9.94. The number of hydrogen-bond donors (Lipinski definition) is 0. The van der Waals surface area contributed by atoms with Crippen LogP contribution in [-0.2, 0) is 12.8 Å². The van der Waals surface area contributed by atoms with Crippen LogP contribution in [0.25, 0.3) is 11.3 Å². The van der Waals surface area contributed by atoms with Crippen LogP contribution in [0.5, 0.6) is 0 Å². The lowest BCUT2D eigenvalue weighted by Gasteiger charge is -2.13. The third-order valence-corrected chi connectivity index (χ3v) is 6.84. The lowest BCUT2D eigenvalue weighted by molar-refractivity contribution is 0.520. The van der Waals surface area contributed by atoms with Gasteiger partial charge in [0.2, 0.25) is 0 Å². The Kier molecular flexibility index (Phi) is 14.8. The van der Waals surface area contributed by atoms with E-state index in [9.17, 15) is 0 Å². The second-order valence-corrected chi connectivity index (χ2v) is 10.3. The largest absolute Gasteiger partial charge is 0.244 e. The Hall–Kier alpha value is -1.70. The number of aryl methyl sites for hydroxylation is 2. The van der Waals surface area contributed by atoms with E-state index >= 15 is 0 Å². The van der Waals surface area contributed by atoms with Crippen molar-refractivity contribution in [2.75, 3.05) is 0 Å². The lowest BCUT2D eigenvalue weighted by Crippen LogP contribution is -1.99. The molecule has 2 nitrogen and oxygen atoms in total. The number of aromatic nitrogens is 2. The smallest absolute Gasteiger partial charge is 0.116 e. The zero-order valence-electron chi connectivity index (χ0n) is 22.0. The summed E-state index contributed by atoms with van der Waals surface area (Å²) >= 11 is 0. The average molecular weight is 451 g/mol. The first-order valence-electron chi connectivity index (χ1n) is 14.1. The van der Waals surface area contributed by atoms with Gasteiger partial charge >= 0.3 is 0 Å². The summed E-state index contributed by atoms with van der Waals surface area (Å²) in [5, 5.41) is 0. The number of nitrogens with zero attached hydrogens (tertiary/aromatic N) is 2. The third kappa shape index (κ3) is 11.8. The van der Waals surface area contributed by atoms with Gasteiger partial charge in [-0.3, -0.25) is 0 Å². The minimum Gasteiger partial charge on any atom is -0.244 e. The van der Waals surface area contributed by atoms with Crippen molar-refractivity contribution < 1.29 is 0 Å². The maximum atomic E-state index is 4.74. The topological polar surface area (TPSA) is 25.8 Å². The second-order valence-electron chi connectivity index (χ2n) is 10.3. The van der Waals surface area contributed by atoms with E-state index < -0.39 is 0 Å². The average Bonchev–Trinajstić information content (AvgIpc) is 2.83. The van der Waals surface area contributed by atoms with Gasteiger partial charge in [-0.05, 0) is 42.7 Å². The summed E-state index contributed by atoms with van der Waals surface area (Å²) in [5.41, 5.74) is 5.26. The molecule has 1 aromatic carbocycles. The fourth-order valence-corrected chi connectivity index (χ4v) is 4.78. The maximum absolute atomic E-state index is 4.74. The highest BCUT2D eigenvalue weighted by molar-refractivity contribution is 5.66. The Morgan fingerprint density at radius 3 is 1.91 bits per heavy atom. The molecule has 2 heteroatoms. The molecule has 0 amide bonds. The van der Waals surface area contributed by atoms with Crippen LogP contribution >= 0.6 is 0 Å². The first kappa shape index (κ1) is 27.5. The van der Waals surface area contributed by atoms with E-state index in [0.717, 1.165) is 24.5 Å². The molecule has 0 saturated carbocycles. The molecule has 0 aliphatic rings. The van der Waals surface area contributed by atoms with Crippen LogP contribution in [0.3, 0.4) is 0 Å². The van der Waals surface area contributed by atoms with Gasteiger partial charge in [-0.1, -0.05) is 129 Å². The van der Waals surface area contributed by atoms with E-state index in [2.05, 4.69) is 56.2 Å². The molecule has 0 saturated heterocycles. The summed E-state index contributed by atoms with van der Waals surface area (Å²) in [4.78, 5) is 9.10. The highest BCUT2D eigenvalue weighted by Gasteiger charge is 2.11. The molecule has 0 fully saturated rings. The molecule has 0 N–H and O–H groups in total. The van der Waals surface area contributed by atoms with Crippen LogP contribution in [0.2, 0.25) is 0 Å². The molecule has 2 rings (SSSR count). The number of benzene rings is 1. The molecule has 1 aromatic heterocycles. The van der Waals surface area contributed by atoms with Crippen molar-refractivity contribution in [1.82, 2.24) is 9.97 Å². The maximum Gasteiger partial charge on any atom is 0.116 e. The van der Waals surface area contributed by atoms with E-state index in [1.807, 2.05) is 0 Å². The predicted molar refractivity (Wildman–Crippen MR) is 145 cm³/mol. The Balaban J connectivity index is 1.78. The zero-order chi connectivity index (χ0) is 23.6. The summed E-state index contributed by atoms with van der Waals surface area (Å²) in [6.45, 7) is 6.94. The van der Waals surface area contributed by atoms with Gasteiger partial charge in [0, 0.05) is 11.8 Å². The molecule has 0 spiro atoms. The van der Waals surface area contributed by atoms with Crippen molar-refractivity contribution in [2.24, 2.45) is 5.92 Å². The Morgan fingerprint density at radius 2 is 1.24 bits per heavy atom. The molecule has 0 bridgehead atoms. The summed E-state index contributed by atoms with van der Waals surface area (Å²) < 4.78 is 0. The summed E-state index contributed by atoms with van der Waals surface area (Å²) in [5.74, 6) is 0.831. The minimum absolute atomic E-state index is 0.831. The first-order chi connectivity index (χ1) is 16.2. The molecule has 1 heterocycles. The highest BCUT2D eigenvalue weighted by Crippen LogP contribution is 2.27. The van der Waals surface area contributed by atoms with Crippen LogP contribution in [0.4, 0.5) is 0 Å². The number of rotatable bonds is 19.